The molecule has 0 heterocycles. The van der Waals surface area contributed by atoms with Crippen LogP contribution in [0.25, 0.3) is 0 Å². The van der Waals surface area contributed by atoms with Crippen molar-refractivity contribution in [3.05, 3.63) is 28.8 Å². The molecule has 1 rings (SSSR count). The van der Waals surface area contributed by atoms with Crippen LogP contribution in [-0.2, 0) is 9.53 Å². The Labute approximate surface area is 98.8 Å². The van der Waals surface area contributed by atoms with Crippen LogP contribution < -0.4 is 5.32 Å². The highest BCUT2D eigenvalue weighted by atomic mass is 35.5. The summed E-state index contributed by atoms with van der Waals surface area (Å²) in [5.74, 6) is -0.369. The Hall–Kier alpha value is -1.73. The zero-order valence-corrected chi connectivity index (χ0v) is 9.54. The zero-order valence-electron chi connectivity index (χ0n) is 8.79. The third-order valence-corrected chi connectivity index (χ3v) is 2.17. The number of benzene rings is 1. The number of anilines is 1. The summed E-state index contributed by atoms with van der Waals surface area (Å²) < 4.78 is 4.75. The summed E-state index contributed by atoms with van der Waals surface area (Å²) in [5.41, 5.74) is 0.858. The van der Waals surface area contributed by atoms with Gasteiger partial charge < -0.3 is 10.1 Å². The predicted molar refractivity (Wildman–Crippen MR) is 61.3 cm³/mol. The van der Waals surface area contributed by atoms with E-state index in [0.717, 1.165) is 0 Å². The van der Waals surface area contributed by atoms with Crippen LogP contribution in [0.4, 0.5) is 5.69 Å². The molecule has 0 unspecified atom stereocenters. The molecule has 0 aromatic heterocycles. The van der Waals surface area contributed by atoms with E-state index in [1.54, 1.807) is 25.1 Å². The average molecular weight is 239 g/mol. The molecule has 1 aromatic rings. The molecule has 0 aliphatic carbocycles. The van der Waals surface area contributed by atoms with Gasteiger partial charge in [0.25, 0.3) is 0 Å². The van der Waals surface area contributed by atoms with Gasteiger partial charge in [-0.05, 0) is 19.1 Å². The molecule has 4 nitrogen and oxygen atoms in total. The number of esters is 1. The van der Waals surface area contributed by atoms with Crippen molar-refractivity contribution < 1.29 is 9.53 Å². The van der Waals surface area contributed by atoms with Crippen LogP contribution in [0.1, 0.15) is 12.5 Å². The van der Waals surface area contributed by atoms with Crippen molar-refractivity contribution in [2.24, 2.45) is 0 Å². The monoisotopic (exact) mass is 238 g/mol. The van der Waals surface area contributed by atoms with Gasteiger partial charge in [0, 0.05) is 0 Å². The SMILES string of the molecule is CCOC(=O)CNc1cccc(Cl)c1C#N. The maximum absolute atomic E-state index is 11.1. The molecule has 0 amide bonds. The second-order valence-electron chi connectivity index (χ2n) is 2.93. The number of ether oxygens (including phenoxy) is 1. The predicted octanol–water partition coefficient (Wildman–Crippen LogP) is 2.19. The molecule has 0 atom stereocenters. The molecule has 0 fully saturated rings. The second kappa shape index (κ2) is 5.99. The molecular weight excluding hydrogens is 228 g/mol. The summed E-state index contributed by atoms with van der Waals surface area (Å²) in [6.45, 7) is 2.09. The van der Waals surface area contributed by atoms with E-state index in [9.17, 15) is 4.79 Å². The standard InChI is InChI=1S/C11H11ClN2O2/c1-2-16-11(15)7-14-10-5-3-4-9(12)8(10)6-13/h3-5,14H,2,7H2,1H3. The molecule has 0 saturated carbocycles. The average Bonchev–Trinajstić information content (AvgIpc) is 2.27. The number of carbonyl (C=O) groups excluding carboxylic acids is 1. The minimum atomic E-state index is -0.369. The van der Waals surface area contributed by atoms with E-state index in [1.165, 1.54) is 0 Å². The maximum atomic E-state index is 11.1. The van der Waals surface area contributed by atoms with Gasteiger partial charge in [-0.2, -0.15) is 5.26 Å². The van der Waals surface area contributed by atoms with E-state index in [-0.39, 0.29) is 12.5 Å². The molecule has 0 radical (unpaired) electrons. The molecule has 5 heteroatoms. The molecule has 16 heavy (non-hydrogen) atoms. The summed E-state index contributed by atoms with van der Waals surface area (Å²) in [4.78, 5) is 11.1. The van der Waals surface area contributed by atoms with Crippen LogP contribution in [0.15, 0.2) is 18.2 Å². The van der Waals surface area contributed by atoms with Crippen LogP contribution in [0.5, 0.6) is 0 Å². The van der Waals surface area contributed by atoms with Crippen LogP contribution in [0.2, 0.25) is 5.02 Å². The number of hydrogen-bond donors (Lipinski definition) is 1. The van der Waals surface area contributed by atoms with Gasteiger partial charge in [-0.3, -0.25) is 4.79 Å². The van der Waals surface area contributed by atoms with Crippen molar-refractivity contribution in [2.75, 3.05) is 18.5 Å². The van der Waals surface area contributed by atoms with E-state index in [4.69, 9.17) is 21.6 Å². The smallest absolute Gasteiger partial charge is 0.325 e. The zero-order chi connectivity index (χ0) is 12.0. The highest BCUT2D eigenvalue weighted by molar-refractivity contribution is 6.32. The molecule has 0 spiro atoms. The summed E-state index contributed by atoms with van der Waals surface area (Å²) in [5, 5.41) is 12.0. The fourth-order valence-corrected chi connectivity index (χ4v) is 1.38. The number of carbonyl (C=O) groups is 1. The number of nitrogens with one attached hydrogen (secondary N) is 1. The highest BCUT2D eigenvalue weighted by Gasteiger charge is 2.07. The van der Waals surface area contributed by atoms with Crippen molar-refractivity contribution in [3.8, 4) is 6.07 Å². The molecule has 0 aliphatic rings. The molecule has 0 saturated heterocycles. The minimum absolute atomic E-state index is 0.0167. The lowest BCUT2D eigenvalue weighted by atomic mass is 10.2. The summed E-state index contributed by atoms with van der Waals surface area (Å²) in [6.07, 6.45) is 0. The second-order valence-corrected chi connectivity index (χ2v) is 3.34. The lowest BCUT2D eigenvalue weighted by Crippen LogP contribution is -2.17. The Bertz CT molecular complexity index is 426. The molecule has 0 bridgehead atoms. The Morgan fingerprint density at radius 2 is 2.38 bits per heavy atom. The van der Waals surface area contributed by atoms with Crippen LogP contribution >= 0.6 is 11.6 Å². The topological polar surface area (TPSA) is 62.1 Å². The van der Waals surface area contributed by atoms with E-state index >= 15 is 0 Å². The van der Waals surface area contributed by atoms with E-state index in [0.29, 0.717) is 22.9 Å². The van der Waals surface area contributed by atoms with Crippen molar-refractivity contribution in [1.29, 1.82) is 5.26 Å². The molecular formula is C11H11ClN2O2. The quantitative estimate of drug-likeness (QED) is 0.817. The summed E-state index contributed by atoms with van der Waals surface area (Å²) in [7, 11) is 0. The van der Waals surface area contributed by atoms with Crippen molar-refractivity contribution in [1.82, 2.24) is 0 Å². The lowest BCUT2D eigenvalue weighted by molar-refractivity contribution is -0.140. The first-order chi connectivity index (χ1) is 7.69. The van der Waals surface area contributed by atoms with Gasteiger partial charge in [0.05, 0.1) is 22.9 Å². The first-order valence-electron chi connectivity index (χ1n) is 4.77. The molecule has 0 aliphatic heterocycles. The van der Waals surface area contributed by atoms with Gasteiger partial charge in [0.2, 0.25) is 0 Å². The highest BCUT2D eigenvalue weighted by Crippen LogP contribution is 2.22. The van der Waals surface area contributed by atoms with Gasteiger partial charge in [0.1, 0.15) is 12.6 Å². The van der Waals surface area contributed by atoms with Gasteiger partial charge in [0.15, 0.2) is 0 Å². The summed E-state index contributed by atoms with van der Waals surface area (Å²) >= 11 is 5.83. The van der Waals surface area contributed by atoms with E-state index in [1.807, 2.05) is 6.07 Å². The Balaban J connectivity index is 2.71. The van der Waals surface area contributed by atoms with Gasteiger partial charge >= 0.3 is 5.97 Å². The fraction of sp³-hybridized carbons (Fsp3) is 0.273. The van der Waals surface area contributed by atoms with Crippen LogP contribution in [0.3, 0.4) is 0 Å². The maximum Gasteiger partial charge on any atom is 0.325 e. The number of nitriles is 1. The Morgan fingerprint density at radius 1 is 1.62 bits per heavy atom. The number of rotatable bonds is 4. The van der Waals surface area contributed by atoms with Crippen LogP contribution in [0, 0.1) is 11.3 Å². The van der Waals surface area contributed by atoms with Crippen molar-refractivity contribution in [3.63, 3.8) is 0 Å². The van der Waals surface area contributed by atoms with Crippen molar-refractivity contribution >= 4 is 23.3 Å². The molecule has 1 N–H and O–H groups in total. The van der Waals surface area contributed by atoms with Gasteiger partial charge in [-0.15, -0.1) is 0 Å². The largest absolute Gasteiger partial charge is 0.465 e. The first kappa shape index (κ1) is 12.3. The first-order valence-corrected chi connectivity index (χ1v) is 5.15. The Morgan fingerprint density at radius 3 is 3.00 bits per heavy atom. The minimum Gasteiger partial charge on any atom is -0.465 e. The normalized spacial score (nSPS) is 9.31. The Kier molecular flexibility index (Phi) is 4.62. The summed E-state index contributed by atoms with van der Waals surface area (Å²) in [6, 6.07) is 6.98. The number of hydrogen-bond acceptors (Lipinski definition) is 4. The van der Waals surface area contributed by atoms with E-state index in [2.05, 4.69) is 5.32 Å². The fourth-order valence-electron chi connectivity index (χ4n) is 1.16. The molecule has 84 valence electrons. The number of halogens is 1. The van der Waals surface area contributed by atoms with E-state index < -0.39 is 0 Å². The number of nitrogens with zero attached hydrogens (tertiary/aromatic N) is 1. The van der Waals surface area contributed by atoms with Gasteiger partial charge in [-0.1, -0.05) is 17.7 Å². The lowest BCUT2D eigenvalue weighted by Gasteiger charge is -2.08. The third-order valence-electron chi connectivity index (χ3n) is 1.85. The van der Waals surface area contributed by atoms with Crippen LogP contribution in [-0.4, -0.2) is 19.1 Å². The van der Waals surface area contributed by atoms with Gasteiger partial charge in [-0.25, -0.2) is 0 Å². The van der Waals surface area contributed by atoms with Crippen molar-refractivity contribution in [2.45, 2.75) is 6.92 Å². The third kappa shape index (κ3) is 3.14. The molecule has 1 aromatic carbocycles.